The van der Waals surface area contributed by atoms with Crippen LogP contribution >= 0.6 is 0 Å². The molecule has 1 atom stereocenters. The summed E-state index contributed by atoms with van der Waals surface area (Å²) < 4.78 is 3.21. The molecule has 36 heavy (non-hydrogen) atoms. The normalized spacial score (nSPS) is 22.8. The van der Waals surface area contributed by atoms with Gasteiger partial charge in [-0.15, -0.1) is 0 Å². The second-order valence-electron chi connectivity index (χ2n) is 10.8. The Hall–Kier alpha value is -2.94. The van der Waals surface area contributed by atoms with Crippen molar-refractivity contribution in [3.8, 4) is 0 Å². The Bertz CT molecular complexity index is 1180. The minimum absolute atomic E-state index is 0.218. The van der Waals surface area contributed by atoms with E-state index < -0.39 is 11.9 Å². The highest BCUT2D eigenvalue weighted by Gasteiger charge is 2.32. The van der Waals surface area contributed by atoms with Gasteiger partial charge in [0.15, 0.2) is 0 Å². The van der Waals surface area contributed by atoms with Gasteiger partial charge in [0.2, 0.25) is 18.2 Å². The number of fused-ring (bicyclic) bond motifs is 1. The zero-order valence-corrected chi connectivity index (χ0v) is 21.2. The van der Waals surface area contributed by atoms with Crippen molar-refractivity contribution in [1.29, 1.82) is 0 Å². The maximum Gasteiger partial charge on any atom is 0.329 e. The van der Waals surface area contributed by atoms with Gasteiger partial charge in [0, 0.05) is 33.1 Å². The number of nitrogens with zero attached hydrogens (tertiary/aromatic N) is 4. The first-order valence-corrected chi connectivity index (χ1v) is 13.4. The van der Waals surface area contributed by atoms with Crippen LogP contribution in [0.25, 0.3) is 11.0 Å². The number of carbonyl (C=O) groups is 3. The van der Waals surface area contributed by atoms with Crippen molar-refractivity contribution in [2.75, 3.05) is 26.2 Å². The second-order valence-corrected chi connectivity index (χ2v) is 10.8. The van der Waals surface area contributed by atoms with Gasteiger partial charge in [-0.3, -0.25) is 33.7 Å². The number of hydrogen-bond donors (Lipinski definition) is 1. The lowest BCUT2D eigenvalue weighted by Crippen LogP contribution is -2.44. The lowest BCUT2D eigenvalue weighted by molar-refractivity contribution is -0.135. The molecule has 0 spiro atoms. The number of aryl methyl sites for hydroxylation is 1. The summed E-state index contributed by atoms with van der Waals surface area (Å²) in [5.74, 6) is 0.838. The molecule has 3 saturated heterocycles. The number of nitrogens with one attached hydrogen (secondary N) is 1. The molecule has 0 radical (unpaired) electrons. The number of aromatic nitrogens is 2. The van der Waals surface area contributed by atoms with E-state index in [4.69, 9.17) is 0 Å². The van der Waals surface area contributed by atoms with Crippen molar-refractivity contribution < 1.29 is 14.4 Å². The quantitative estimate of drug-likeness (QED) is 0.469. The Balaban J connectivity index is 1.22. The number of hydrogen-bond acceptors (Lipinski definition) is 5. The maximum absolute atomic E-state index is 13.2. The predicted octanol–water partition coefficient (Wildman–Crippen LogP) is 2.18. The van der Waals surface area contributed by atoms with Crippen LogP contribution in [0.2, 0.25) is 0 Å². The Labute approximate surface area is 211 Å². The van der Waals surface area contributed by atoms with Crippen molar-refractivity contribution in [2.24, 2.45) is 18.9 Å². The van der Waals surface area contributed by atoms with Crippen LogP contribution in [0.4, 0.5) is 0 Å². The number of benzene rings is 1. The Kier molecular flexibility index (Phi) is 7.27. The number of para-hydroxylation sites is 1. The van der Waals surface area contributed by atoms with E-state index in [1.54, 1.807) is 16.2 Å². The molecule has 3 aliphatic heterocycles. The zero-order valence-electron chi connectivity index (χ0n) is 21.2. The molecular weight excluding hydrogens is 458 g/mol. The summed E-state index contributed by atoms with van der Waals surface area (Å²) in [6.07, 6.45) is 8.78. The third kappa shape index (κ3) is 4.98. The molecule has 2 aromatic rings. The summed E-state index contributed by atoms with van der Waals surface area (Å²) in [5.41, 5.74) is 2.50. The van der Waals surface area contributed by atoms with Gasteiger partial charge in [-0.1, -0.05) is 25.0 Å². The third-order valence-corrected chi connectivity index (χ3v) is 8.59. The molecule has 0 saturated carbocycles. The molecule has 3 fully saturated rings. The molecule has 9 nitrogen and oxygen atoms in total. The van der Waals surface area contributed by atoms with Crippen LogP contribution in [0.5, 0.6) is 0 Å². The molecule has 9 heteroatoms. The van der Waals surface area contributed by atoms with Crippen LogP contribution < -0.4 is 11.0 Å². The number of likely N-dealkylation sites (tertiary alicyclic amines) is 2. The average Bonchev–Trinajstić information content (AvgIpc) is 3.14. The first-order valence-electron chi connectivity index (χ1n) is 13.4. The topological polar surface area (TPSA) is 96.6 Å². The lowest BCUT2D eigenvalue weighted by Gasteiger charge is -2.34. The molecular formula is C27H37N5O4. The van der Waals surface area contributed by atoms with Gasteiger partial charge >= 0.3 is 5.69 Å². The standard InChI is InChI=1S/C27H37N5O4/c1-29-25-21(3-2-4-22(25)32(27(29)36)23-7-8-24(34)28-26(23)35)17-30-13-9-19(10-14-30)5-6-20-11-15-31(18-33)16-12-20/h2-4,18-20,23H,5-17H2,1H3,(H,28,34,35). The fraction of sp³-hybridized carbons (Fsp3) is 0.630. The third-order valence-electron chi connectivity index (χ3n) is 8.59. The van der Waals surface area contributed by atoms with Crippen LogP contribution in [0.1, 0.15) is 63.0 Å². The predicted molar refractivity (Wildman–Crippen MR) is 136 cm³/mol. The van der Waals surface area contributed by atoms with E-state index in [1.807, 2.05) is 17.0 Å². The van der Waals surface area contributed by atoms with Crippen molar-refractivity contribution >= 4 is 29.3 Å². The van der Waals surface area contributed by atoms with Gasteiger partial charge in [-0.25, -0.2) is 4.79 Å². The van der Waals surface area contributed by atoms with Crippen LogP contribution in [-0.4, -0.2) is 63.3 Å². The number of amides is 3. The number of rotatable bonds is 7. The summed E-state index contributed by atoms with van der Waals surface area (Å²) in [4.78, 5) is 52.6. The average molecular weight is 496 g/mol. The number of carbonyl (C=O) groups excluding carboxylic acids is 3. The highest BCUT2D eigenvalue weighted by molar-refractivity contribution is 6.00. The smallest absolute Gasteiger partial charge is 0.329 e. The van der Waals surface area contributed by atoms with Gasteiger partial charge in [-0.2, -0.15) is 0 Å². The highest BCUT2D eigenvalue weighted by Crippen LogP contribution is 2.30. The largest absolute Gasteiger partial charge is 0.345 e. The van der Waals surface area contributed by atoms with E-state index in [1.165, 1.54) is 25.7 Å². The first kappa shape index (κ1) is 24.7. The number of imidazole rings is 1. The second kappa shape index (κ2) is 10.6. The molecule has 194 valence electrons. The van der Waals surface area contributed by atoms with Crippen LogP contribution in [0, 0.1) is 11.8 Å². The Morgan fingerprint density at radius 2 is 1.61 bits per heavy atom. The van der Waals surface area contributed by atoms with Crippen molar-refractivity contribution in [2.45, 2.75) is 64.0 Å². The lowest BCUT2D eigenvalue weighted by atomic mass is 9.85. The van der Waals surface area contributed by atoms with E-state index in [0.717, 1.165) is 80.4 Å². The molecule has 5 rings (SSSR count). The summed E-state index contributed by atoms with van der Waals surface area (Å²) >= 11 is 0. The number of imide groups is 1. The summed E-state index contributed by atoms with van der Waals surface area (Å²) in [6.45, 7) is 4.69. The minimum Gasteiger partial charge on any atom is -0.345 e. The Morgan fingerprint density at radius 3 is 2.25 bits per heavy atom. The van der Waals surface area contributed by atoms with Gasteiger partial charge in [-0.05, 0) is 68.7 Å². The Morgan fingerprint density at radius 1 is 0.944 bits per heavy atom. The van der Waals surface area contributed by atoms with Crippen molar-refractivity contribution in [1.82, 2.24) is 24.3 Å². The molecule has 1 aromatic heterocycles. The number of piperidine rings is 3. The zero-order chi connectivity index (χ0) is 25.2. The molecule has 0 aliphatic carbocycles. The monoisotopic (exact) mass is 495 g/mol. The summed E-state index contributed by atoms with van der Waals surface area (Å²) in [5, 5.41) is 2.38. The summed E-state index contributed by atoms with van der Waals surface area (Å²) in [6, 6.07) is 5.28. The molecule has 0 bridgehead atoms. The van der Waals surface area contributed by atoms with E-state index in [0.29, 0.717) is 6.42 Å². The minimum atomic E-state index is -0.657. The van der Waals surface area contributed by atoms with Crippen LogP contribution in [0.15, 0.2) is 23.0 Å². The van der Waals surface area contributed by atoms with E-state index in [-0.39, 0.29) is 18.0 Å². The summed E-state index contributed by atoms with van der Waals surface area (Å²) in [7, 11) is 1.77. The fourth-order valence-corrected chi connectivity index (χ4v) is 6.37. The SMILES string of the molecule is Cn1c(=O)n(C2CCC(=O)NC2=O)c2cccc(CN3CCC(CCC4CCN(C=O)CC4)CC3)c21. The van der Waals surface area contributed by atoms with E-state index >= 15 is 0 Å². The van der Waals surface area contributed by atoms with Gasteiger partial charge < -0.3 is 4.90 Å². The van der Waals surface area contributed by atoms with Gasteiger partial charge in [0.05, 0.1) is 11.0 Å². The molecule has 1 unspecified atom stereocenters. The highest BCUT2D eigenvalue weighted by atomic mass is 16.2. The van der Waals surface area contributed by atoms with Gasteiger partial charge in [0.1, 0.15) is 6.04 Å². The first-order chi connectivity index (χ1) is 17.4. The molecule has 1 N–H and O–H groups in total. The molecule has 3 amide bonds. The van der Waals surface area contributed by atoms with Crippen LogP contribution in [-0.2, 0) is 28.0 Å². The molecule has 4 heterocycles. The fourth-order valence-electron chi connectivity index (χ4n) is 6.37. The van der Waals surface area contributed by atoms with Gasteiger partial charge in [0.25, 0.3) is 0 Å². The van der Waals surface area contributed by atoms with Crippen molar-refractivity contribution in [3.63, 3.8) is 0 Å². The maximum atomic E-state index is 13.2. The molecule has 3 aliphatic rings. The van der Waals surface area contributed by atoms with E-state index in [9.17, 15) is 19.2 Å². The van der Waals surface area contributed by atoms with Crippen molar-refractivity contribution in [3.05, 3.63) is 34.2 Å². The van der Waals surface area contributed by atoms with E-state index in [2.05, 4.69) is 16.3 Å². The molecule has 1 aromatic carbocycles. The van der Waals surface area contributed by atoms with Crippen LogP contribution in [0.3, 0.4) is 0 Å².